The minimum absolute atomic E-state index is 0.0205. The molecule has 0 radical (unpaired) electrons. The van der Waals surface area contributed by atoms with Gasteiger partial charge < -0.3 is 0 Å². The third kappa shape index (κ3) is 4.49. The molecular formula is C23H27N3OS. The van der Waals surface area contributed by atoms with Gasteiger partial charge in [-0.2, -0.15) is 0 Å². The average molecular weight is 394 g/mol. The first-order chi connectivity index (χ1) is 13.5. The van der Waals surface area contributed by atoms with E-state index in [1.54, 1.807) is 11.8 Å². The number of rotatable bonds is 7. The second-order valence-corrected chi connectivity index (χ2v) is 7.80. The third-order valence-electron chi connectivity index (χ3n) is 5.01. The molecule has 0 N–H and O–H groups in total. The normalized spacial score (nSPS) is 12.2. The third-order valence-corrected chi connectivity index (χ3v) is 5.89. The molecule has 0 saturated carbocycles. The minimum Gasteiger partial charge on any atom is -0.294 e. The highest BCUT2D eigenvalue weighted by Crippen LogP contribution is 2.32. The van der Waals surface area contributed by atoms with Crippen molar-refractivity contribution in [1.29, 1.82) is 0 Å². The minimum atomic E-state index is -0.0205. The van der Waals surface area contributed by atoms with Crippen molar-refractivity contribution < 1.29 is 4.79 Å². The Morgan fingerprint density at radius 1 is 1.11 bits per heavy atom. The number of benzene rings is 2. The fourth-order valence-corrected chi connectivity index (χ4v) is 4.16. The number of anilines is 2. The van der Waals surface area contributed by atoms with Crippen LogP contribution in [0.5, 0.6) is 0 Å². The summed E-state index contributed by atoms with van der Waals surface area (Å²) in [5.74, 6) is -0.0205. The van der Waals surface area contributed by atoms with Crippen LogP contribution in [0.3, 0.4) is 0 Å². The van der Waals surface area contributed by atoms with Gasteiger partial charge in [0.05, 0.1) is 11.4 Å². The summed E-state index contributed by atoms with van der Waals surface area (Å²) in [4.78, 5) is 21.2. The molecule has 5 heteroatoms. The molecule has 1 unspecified atom stereocenters. The van der Waals surface area contributed by atoms with Crippen molar-refractivity contribution >= 4 is 28.1 Å². The largest absolute Gasteiger partial charge is 0.294 e. The van der Waals surface area contributed by atoms with Crippen LogP contribution < -0.4 is 4.90 Å². The molecule has 2 aromatic carbocycles. The quantitative estimate of drug-likeness (QED) is 0.525. The zero-order chi connectivity index (χ0) is 20.1. The van der Waals surface area contributed by atoms with E-state index in [9.17, 15) is 4.79 Å². The van der Waals surface area contributed by atoms with Crippen LogP contribution >= 0.6 is 11.3 Å². The number of carbonyl (C=O) groups excluding carboxylic acids is 1. The van der Waals surface area contributed by atoms with Crippen molar-refractivity contribution in [3.8, 4) is 0 Å². The van der Waals surface area contributed by atoms with Gasteiger partial charge in [0.1, 0.15) is 0 Å². The molecule has 0 aliphatic rings. The smallest absolute Gasteiger partial charge is 0.230 e. The van der Waals surface area contributed by atoms with Crippen LogP contribution in [0, 0.1) is 0 Å². The van der Waals surface area contributed by atoms with E-state index in [2.05, 4.69) is 56.1 Å². The maximum atomic E-state index is 12.4. The van der Waals surface area contributed by atoms with Gasteiger partial charge in [0.15, 0.2) is 5.13 Å². The summed E-state index contributed by atoms with van der Waals surface area (Å²) in [6.45, 7) is 6.62. The molecule has 0 spiro atoms. The molecule has 0 aliphatic carbocycles. The van der Waals surface area contributed by atoms with Crippen LogP contribution in [0.4, 0.5) is 10.8 Å². The molecule has 0 fully saturated rings. The van der Waals surface area contributed by atoms with Gasteiger partial charge in [0.2, 0.25) is 5.91 Å². The maximum absolute atomic E-state index is 12.4. The Morgan fingerprint density at radius 2 is 1.79 bits per heavy atom. The molecule has 3 aromatic rings. The van der Waals surface area contributed by atoms with E-state index in [1.807, 2.05) is 29.6 Å². The number of nitrogens with zero attached hydrogens (tertiary/aromatic N) is 3. The summed E-state index contributed by atoms with van der Waals surface area (Å²) < 4.78 is 0. The van der Waals surface area contributed by atoms with Gasteiger partial charge >= 0.3 is 0 Å². The maximum Gasteiger partial charge on any atom is 0.230 e. The molecule has 1 aromatic heterocycles. The summed E-state index contributed by atoms with van der Waals surface area (Å²) in [5, 5.41) is 2.78. The standard InChI is InChI=1S/C23H27N3OS/c1-5-19-11-9-10-14-22(19)26(18(3)27)23-24-21(16-28-23)15-25(4)17(2)20-12-7-6-8-13-20/h6-14,16-17H,5,15H2,1-4H3. The second-order valence-electron chi connectivity index (χ2n) is 6.96. The number of aromatic nitrogens is 1. The lowest BCUT2D eigenvalue weighted by atomic mass is 10.1. The Labute approximate surface area is 171 Å². The number of thiazole rings is 1. The van der Waals surface area contributed by atoms with E-state index in [0.717, 1.165) is 35.0 Å². The lowest BCUT2D eigenvalue weighted by molar-refractivity contribution is -0.115. The topological polar surface area (TPSA) is 36.4 Å². The van der Waals surface area contributed by atoms with E-state index in [1.165, 1.54) is 16.9 Å². The van der Waals surface area contributed by atoms with Gasteiger partial charge in [-0.1, -0.05) is 55.5 Å². The van der Waals surface area contributed by atoms with Crippen LogP contribution in [0.2, 0.25) is 0 Å². The Morgan fingerprint density at radius 3 is 2.46 bits per heavy atom. The van der Waals surface area contributed by atoms with Crippen molar-refractivity contribution in [2.75, 3.05) is 11.9 Å². The summed E-state index contributed by atoms with van der Waals surface area (Å²) in [6.07, 6.45) is 0.871. The molecule has 3 rings (SSSR count). The van der Waals surface area contributed by atoms with E-state index >= 15 is 0 Å². The van der Waals surface area contributed by atoms with Gasteiger partial charge in [0.25, 0.3) is 0 Å². The molecule has 1 atom stereocenters. The van der Waals surface area contributed by atoms with E-state index < -0.39 is 0 Å². The lowest BCUT2D eigenvalue weighted by Crippen LogP contribution is -2.24. The van der Waals surface area contributed by atoms with Crippen molar-refractivity contribution in [3.63, 3.8) is 0 Å². The van der Waals surface area contributed by atoms with Gasteiger partial charge in [-0.25, -0.2) is 4.98 Å². The first-order valence-electron chi connectivity index (χ1n) is 9.59. The highest BCUT2D eigenvalue weighted by molar-refractivity contribution is 7.14. The SMILES string of the molecule is CCc1ccccc1N(C(C)=O)c1nc(CN(C)C(C)c2ccccc2)cs1. The highest BCUT2D eigenvalue weighted by atomic mass is 32.1. The number of carbonyl (C=O) groups is 1. The lowest BCUT2D eigenvalue weighted by Gasteiger charge is -2.24. The molecule has 0 bridgehead atoms. The van der Waals surface area contributed by atoms with Crippen molar-refractivity contribution in [2.45, 2.75) is 39.8 Å². The van der Waals surface area contributed by atoms with Crippen molar-refractivity contribution in [2.24, 2.45) is 0 Å². The molecule has 1 heterocycles. The molecule has 1 amide bonds. The van der Waals surface area contributed by atoms with Gasteiger partial charge in [-0.15, -0.1) is 11.3 Å². The molecule has 4 nitrogen and oxygen atoms in total. The Bertz CT molecular complexity index is 922. The number of hydrogen-bond donors (Lipinski definition) is 0. The van der Waals surface area contributed by atoms with Crippen LogP contribution in [-0.4, -0.2) is 22.8 Å². The Balaban J connectivity index is 1.81. The predicted octanol–water partition coefficient (Wildman–Crippen LogP) is 5.58. The number of hydrogen-bond acceptors (Lipinski definition) is 4. The number of amides is 1. The zero-order valence-electron chi connectivity index (χ0n) is 16.9. The molecule has 0 aliphatic heterocycles. The Kier molecular flexibility index (Phi) is 6.60. The van der Waals surface area contributed by atoms with Crippen LogP contribution in [-0.2, 0) is 17.8 Å². The fourth-order valence-electron chi connectivity index (χ4n) is 3.29. The number of aryl methyl sites for hydroxylation is 1. The van der Waals surface area contributed by atoms with Gasteiger partial charge in [0, 0.05) is 24.9 Å². The summed E-state index contributed by atoms with van der Waals surface area (Å²) >= 11 is 1.52. The average Bonchev–Trinajstić information content (AvgIpc) is 3.16. The first kappa shape index (κ1) is 20.2. The fraction of sp³-hybridized carbons (Fsp3) is 0.304. The van der Waals surface area contributed by atoms with Gasteiger partial charge in [-0.05, 0) is 37.6 Å². The summed E-state index contributed by atoms with van der Waals surface area (Å²) in [7, 11) is 2.10. The number of para-hydroxylation sites is 1. The molecule has 28 heavy (non-hydrogen) atoms. The highest BCUT2D eigenvalue weighted by Gasteiger charge is 2.21. The second kappa shape index (κ2) is 9.13. The summed E-state index contributed by atoms with van der Waals surface area (Å²) in [5.41, 5.74) is 4.32. The van der Waals surface area contributed by atoms with E-state index in [-0.39, 0.29) is 11.9 Å². The molecule has 0 saturated heterocycles. The predicted molar refractivity (Wildman–Crippen MR) is 117 cm³/mol. The first-order valence-corrected chi connectivity index (χ1v) is 10.5. The zero-order valence-corrected chi connectivity index (χ0v) is 17.7. The molecular weight excluding hydrogens is 366 g/mol. The van der Waals surface area contributed by atoms with E-state index in [0.29, 0.717) is 0 Å². The van der Waals surface area contributed by atoms with Crippen molar-refractivity contribution in [1.82, 2.24) is 9.88 Å². The summed E-state index contributed by atoms with van der Waals surface area (Å²) in [6, 6.07) is 18.8. The van der Waals surface area contributed by atoms with Gasteiger partial charge in [-0.3, -0.25) is 14.6 Å². The monoisotopic (exact) mass is 393 g/mol. The van der Waals surface area contributed by atoms with Crippen molar-refractivity contribution in [3.05, 3.63) is 76.8 Å². The molecule has 146 valence electrons. The van der Waals surface area contributed by atoms with Crippen LogP contribution in [0.1, 0.15) is 43.6 Å². The van der Waals surface area contributed by atoms with Crippen LogP contribution in [0.25, 0.3) is 0 Å². The van der Waals surface area contributed by atoms with Crippen LogP contribution in [0.15, 0.2) is 60.0 Å². The van der Waals surface area contributed by atoms with E-state index in [4.69, 9.17) is 4.98 Å². The Hall–Kier alpha value is -2.50.